The van der Waals surface area contributed by atoms with Gasteiger partial charge in [0.15, 0.2) is 0 Å². The molecule has 0 radical (unpaired) electrons. The molecule has 3 heteroatoms. The molecule has 0 spiro atoms. The summed E-state index contributed by atoms with van der Waals surface area (Å²) in [4.78, 5) is 5.14. The van der Waals surface area contributed by atoms with Crippen LogP contribution in [0, 0.1) is 11.3 Å². The van der Waals surface area contributed by atoms with Crippen LogP contribution >= 0.6 is 0 Å². The number of hydrogen-bond donors (Lipinski definition) is 0. The van der Waals surface area contributed by atoms with Crippen molar-refractivity contribution in [1.29, 1.82) is 5.26 Å². The molecule has 0 amide bonds. The van der Waals surface area contributed by atoms with E-state index >= 15 is 0 Å². The van der Waals surface area contributed by atoms with Crippen LogP contribution in [0.1, 0.15) is 18.4 Å². The van der Waals surface area contributed by atoms with E-state index in [1.165, 1.54) is 37.0 Å². The molecular formula is C18H19N3. The number of nitrogens with zero attached hydrogens (tertiary/aromatic N) is 3. The van der Waals surface area contributed by atoms with Crippen LogP contribution in [0.4, 0.5) is 5.69 Å². The van der Waals surface area contributed by atoms with Gasteiger partial charge in [-0.25, -0.2) is 0 Å². The van der Waals surface area contributed by atoms with E-state index in [2.05, 4.69) is 40.1 Å². The van der Waals surface area contributed by atoms with Gasteiger partial charge in [-0.3, -0.25) is 4.90 Å². The lowest BCUT2D eigenvalue weighted by atomic mass is 10.0. The molecule has 0 aromatic heterocycles. The topological polar surface area (TPSA) is 30.3 Å². The van der Waals surface area contributed by atoms with Crippen molar-refractivity contribution < 1.29 is 0 Å². The van der Waals surface area contributed by atoms with E-state index in [1.54, 1.807) is 0 Å². The predicted octanol–water partition coefficient (Wildman–Crippen LogP) is 3.00. The Morgan fingerprint density at radius 3 is 2.71 bits per heavy atom. The minimum absolute atomic E-state index is 0.716. The second-order valence-corrected chi connectivity index (χ2v) is 6.07. The van der Waals surface area contributed by atoms with Gasteiger partial charge in [0.25, 0.3) is 0 Å². The highest BCUT2D eigenvalue weighted by atomic mass is 15.3. The molecule has 1 atom stereocenters. The van der Waals surface area contributed by atoms with Gasteiger partial charge in [-0.1, -0.05) is 24.3 Å². The third-order valence-electron chi connectivity index (χ3n) is 4.95. The lowest BCUT2D eigenvalue weighted by molar-refractivity contribution is 0.231. The first-order valence-electron chi connectivity index (χ1n) is 7.77. The van der Waals surface area contributed by atoms with Crippen LogP contribution in [-0.4, -0.2) is 37.1 Å². The van der Waals surface area contributed by atoms with Crippen LogP contribution in [0.15, 0.2) is 36.4 Å². The molecule has 4 rings (SSSR count). The van der Waals surface area contributed by atoms with Gasteiger partial charge in [-0.15, -0.1) is 0 Å². The summed E-state index contributed by atoms with van der Waals surface area (Å²) < 4.78 is 0. The average molecular weight is 277 g/mol. The number of fused-ring (bicyclic) bond motifs is 2. The Hall–Kier alpha value is -2.05. The normalized spacial score (nSPS) is 22.2. The minimum atomic E-state index is 0.716. The molecule has 3 nitrogen and oxygen atoms in total. The second kappa shape index (κ2) is 5.05. The van der Waals surface area contributed by atoms with Crippen molar-refractivity contribution in [2.24, 2.45) is 0 Å². The zero-order valence-electron chi connectivity index (χ0n) is 12.1. The molecule has 0 saturated carbocycles. The summed E-state index contributed by atoms with van der Waals surface area (Å²) in [5.74, 6) is 0. The van der Waals surface area contributed by atoms with Crippen LogP contribution < -0.4 is 4.90 Å². The van der Waals surface area contributed by atoms with Crippen molar-refractivity contribution in [3.63, 3.8) is 0 Å². The smallest absolute Gasteiger partial charge is 0.0998 e. The van der Waals surface area contributed by atoms with Gasteiger partial charge in [0.05, 0.1) is 11.6 Å². The van der Waals surface area contributed by atoms with Gasteiger partial charge < -0.3 is 4.90 Å². The summed E-state index contributed by atoms with van der Waals surface area (Å²) in [5.41, 5.74) is 2.06. The van der Waals surface area contributed by atoms with Crippen molar-refractivity contribution in [1.82, 2.24) is 4.90 Å². The highest BCUT2D eigenvalue weighted by molar-refractivity contribution is 5.97. The molecule has 2 fully saturated rings. The van der Waals surface area contributed by atoms with Crippen LogP contribution in [0.3, 0.4) is 0 Å². The molecule has 1 unspecified atom stereocenters. The van der Waals surface area contributed by atoms with Crippen LogP contribution in [0.2, 0.25) is 0 Å². The molecule has 2 heterocycles. The first-order chi connectivity index (χ1) is 10.4. The third kappa shape index (κ3) is 2.07. The largest absolute Gasteiger partial charge is 0.368 e. The van der Waals surface area contributed by atoms with Gasteiger partial charge in [0.2, 0.25) is 0 Å². The number of piperazine rings is 1. The van der Waals surface area contributed by atoms with Crippen molar-refractivity contribution in [2.45, 2.75) is 18.9 Å². The van der Waals surface area contributed by atoms with Gasteiger partial charge in [0.1, 0.15) is 0 Å². The molecular weight excluding hydrogens is 258 g/mol. The highest BCUT2D eigenvalue weighted by Gasteiger charge is 2.31. The van der Waals surface area contributed by atoms with Crippen molar-refractivity contribution in [2.75, 3.05) is 31.1 Å². The number of anilines is 1. The van der Waals surface area contributed by atoms with Gasteiger partial charge >= 0.3 is 0 Å². The van der Waals surface area contributed by atoms with Gasteiger partial charge in [0, 0.05) is 42.1 Å². The minimum Gasteiger partial charge on any atom is -0.368 e. The summed E-state index contributed by atoms with van der Waals surface area (Å²) in [6, 6.07) is 15.4. The molecule has 2 aromatic carbocycles. The van der Waals surface area contributed by atoms with E-state index < -0.39 is 0 Å². The molecule has 0 bridgehead atoms. The first kappa shape index (κ1) is 12.7. The number of benzene rings is 2. The van der Waals surface area contributed by atoms with E-state index in [9.17, 15) is 5.26 Å². The van der Waals surface area contributed by atoms with Crippen molar-refractivity contribution in [3.8, 4) is 6.07 Å². The summed E-state index contributed by atoms with van der Waals surface area (Å²) in [7, 11) is 0. The number of hydrogen-bond acceptors (Lipinski definition) is 3. The van der Waals surface area contributed by atoms with Crippen LogP contribution in [0.5, 0.6) is 0 Å². The fourth-order valence-corrected chi connectivity index (χ4v) is 3.87. The standard InChI is InChI=1S/C18H19N3/c19-12-14-7-8-18(17-6-2-1-5-16(14)17)21-11-10-20-9-3-4-15(20)13-21/h1-2,5-8,15H,3-4,9-11,13H2. The molecule has 0 aliphatic carbocycles. The second-order valence-electron chi connectivity index (χ2n) is 6.07. The Morgan fingerprint density at radius 2 is 1.86 bits per heavy atom. The SMILES string of the molecule is N#Cc1ccc(N2CCN3CCCC3C2)c2ccccc12. The zero-order valence-corrected chi connectivity index (χ0v) is 12.1. The Morgan fingerprint density at radius 1 is 1.00 bits per heavy atom. The fourth-order valence-electron chi connectivity index (χ4n) is 3.87. The Balaban J connectivity index is 1.75. The monoisotopic (exact) mass is 277 g/mol. The van der Waals surface area contributed by atoms with Crippen molar-refractivity contribution in [3.05, 3.63) is 42.0 Å². The van der Waals surface area contributed by atoms with E-state index in [0.29, 0.717) is 6.04 Å². The Labute approximate surface area is 125 Å². The Bertz CT molecular complexity index is 716. The predicted molar refractivity (Wildman–Crippen MR) is 85.5 cm³/mol. The van der Waals surface area contributed by atoms with Crippen molar-refractivity contribution >= 4 is 16.5 Å². The average Bonchev–Trinajstić information content (AvgIpc) is 3.01. The van der Waals surface area contributed by atoms with Crippen LogP contribution in [0.25, 0.3) is 10.8 Å². The molecule has 2 aliphatic heterocycles. The summed E-state index contributed by atoms with van der Waals surface area (Å²) in [6.07, 6.45) is 2.66. The number of rotatable bonds is 1. The molecule has 106 valence electrons. The summed E-state index contributed by atoms with van der Waals surface area (Å²) in [6.45, 7) is 4.65. The quantitative estimate of drug-likeness (QED) is 0.802. The fraction of sp³-hybridized carbons (Fsp3) is 0.389. The van der Waals surface area contributed by atoms with Gasteiger partial charge in [-0.2, -0.15) is 5.26 Å². The highest BCUT2D eigenvalue weighted by Crippen LogP contribution is 2.32. The number of nitriles is 1. The first-order valence-corrected chi connectivity index (χ1v) is 7.77. The maximum atomic E-state index is 9.29. The molecule has 2 saturated heterocycles. The zero-order chi connectivity index (χ0) is 14.2. The maximum absolute atomic E-state index is 9.29. The maximum Gasteiger partial charge on any atom is 0.0998 e. The lowest BCUT2D eigenvalue weighted by Gasteiger charge is -2.39. The molecule has 2 aliphatic rings. The van der Waals surface area contributed by atoms with Crippen LogP contribution in [-0.2, 0) is 0 Å². The van der Waals surface area contributed by atoms with Gasteiger partial charge in [-0.05, 0) is 31.5 Å². The van der Waals surface area contributed by atoms with E-state index in [-0.39, 0.29) is 0 Å². The third-order valence-corrected chi connectivity index (χ3v) is 4.95. The molecule has 0 N–H and O–H groups in total. The van der Waals surface area contributed by atoms with E-state index in [0.717, 1.165) is 24.0 Å². The van der Waals surface area contributed by atoms with E-state index in [1.807, 2.05) is 12.1 Å². The lowest BCUT2D eigenvalue weighted by Crippen LogP contribution is -2.50. The summed E-state index contributed by atoms with van der Waals surface area (Å²) in [5, 5.41) is 11.6. The van der Waals surface area contributed by atoms with E-state index in [4.69, 9.17) is 0 Å². The molecule has 21 heavy (non-hydrogen) atoms. The molecule has 2 aromatic rings. The summed E-state index contributed by atoms with van der Waals surface area (Å²) >= 11 is 0. The Kier molecular flexibility index (Phi) is 3.05.